The summed E-state index contributed by atoms with van der Waals surface area (Å²) in [6.07, 6.45) is 19.6. The number of aromatic carboxylic acids is 1. The van der Waals surface area contributed by atoms with Gasteiger partial charge >= 0.3 is 5.97 Å². The molecule has 5 N–H and O–H groups in total. The number of nitrogens with zero attached hydrogens (tertiary/aromatic N) is 13. The lowest BCUT2D eigenvalue weighted by Crippen LogP contribution is -2.35. The summed E-state index contributed by atoms with van der Waals surface area (Å²) in [4.78, 5) is 63.8. The van der Waals surface area contributed by atoms with E-state index in [-0.39, 0.29) is 70.1 Å². The molecule has 20 nitrogen and oxygen atoms in total. The molecule has 6 aromatic heterocycles. The van der Waals surface area contributed by atoms with Gasteiger partial charge in [0.05, 0.1) is 34.3 Å². The molecule has 416 valence electrons. The number of aromatic nitrogens is 10. The maximum atomic E-state index is 15.2. The first-order chi connectivity index (χ1) is 38.2. The standard InChI is InChI=1S/C27H30F2N8O2.C24H23F2N7O2.C4H10O/c1-3-17-13-30-27(31-14-17)36-8-6-19(7-9-36)37-15-21(29)23-24(32-16-33-25(23)37)34-22-5-4-18(12-20(22)28)26(39)35(2)10-11-38;1-2-14-10-27-24(28-11-14)32-7-5-16(6-8-32)33-12-18(26)20-21(29-13-30-22(20)33)31-19-4-3-15(23(34)35)9-17(19)25;1-2-3-4-5/h4-5,12-16,19,38H,3,6-11H2,1-2H3,(H,32,33,34);3-4,9-13,16H,2,5-8H2,1H3,(H,34,35)(H,29,30,31);5H,2-4H2,1H3. The van der Waals surface area contributed by atoms with E-state index in [1.54, 1.807) is 4.57 Å². The predicted octanol–water partition coefficient (Wildman–Crippen LogP) is 8.84. The van der Waals surface area contributed by atoms with E-state index >= 15 is 8.78 Å². The molecule has 2 aliphatic heterocycles. The Morgan fingerprint density at radius 3 is 1.41 bits per heavy atom. The number of anilines is 6. The molecule has 0 aliphatic carbocycles. The lowest BCUT2D eigenvalue weighted by molar-refractivity contribution is 0.0695. The van der Waals surface area contributed by atoms with E-state index in [1.807, 2.05) is 29.4 Å². The van der Waals surface area contributed by atoms with Gasteiger partial charge in [0.2, 0.25) is 11.9 Å². The smallest absolute Gasteiger partial charge is 0.335 e. The van der Waals surface area contributed by atoms with Gasteiger partial charge in [-0.3, -0.25) is 4.79 Å². The topological polar surface area (TPSA) is 242 Å². The number of aliphatic hydroxyl groups is 2. The van der Waals surface area contributed by atoms with Crippen LogP contribution in [0.25, 0.3) is 22.1 Å². The lowest BCUT2D eigenvalue weighted by Gasteiger charge is -2.32. The number of hydrogen-bond acceptors (Lipinski definition) is 16. The largest absolute Gasteiger partial charge is 0.478 e. The minimum atomic E-state index is -1.24. The molecule has 0 spiro atoms. The van der Waals surface area contributed by atoms with Crippen LogP contribution in [0.5, 0.6) is 0 Å². The van der Waals surface area contributed by atoms with E-state index in [4.69, 9.17) is 15.3 Å². The fourth-order valence-corrected chi connectivity index (χ4v) is 9.29. The number of benzene rings is 2. The second kappa shape index (κ2) is 26.3. The van der Waals surface area contributed by atoms with Gasteiger partial charge in [-0.1, -0.05) is 27.2 Å². The highest BCUT2D eigenvalue weighted by Gasteiger charge is 2.28. The van der Waals surface area contributed by atoms with Crippen LogP contribution in [0.1, 0.15) is 103 Å². The number of aryl methyl sites for hydroxylation is 2. The van der Waals surface area contributed by atoms with E-state index in [0.717, 1.165) is 101 Å². The first kappa shape index (κ1) is 56.8. The van der Waals surface area contributed by atoms with Gasteiger partial charge in [0, 0.05) is 101 Å². The van der Waals surface area contributed by atoms with Crippen molar-refractivity contribution >= 4 is 68.9 Å². The minimum absolute atomic E-state index is 0.00968. The summed E-state index contributed by atoms with van der Waals surface area (Å²) >= 11 is 0. The van der Waals surface area contributed by atoms with E-state index in [9.17, 15) is 18.4 Å². The third-order valence-corrected chi connectivity index (χ3v) is 13.8. The number of hydrogen-bond donors (Lipinski definition) is 5. The van der Waals surface area contributed by atoms with E-state index < -0.39 is 35.1 Å². The number of carbonyl (C=O) groups is 2. The van der Waals surface area contributed by atoms with E-state index in [2.05, 4.69) is 81.1 Å². The van der Waals surface area contributed by atoms with Crippen LogP contribution in [0.4, 0.5) is 52.5 Å². The Morgan fingerprint density at radius 2 is 1.04 bits per heavy atom. The summed E-state index contributed by atoms with van der Waals surface area (Å²) in [6.45, 7) is 9.32. The number of carboxylic acids is 1. The molecule has 10 rings (SSSR count). The Hall–Kier alpha value is -8.38. The first-order valence-corrected chi connectivity index (χ1v) is 26.2. The van der Waals surface area contributed by atoms with Crippen molar-refractivity contribution in [2.75, 3.05) is 73.4 Å². The van der Waals surface area contributed by atoms with Crippen LogP contribution in [0.2, 0.25) is 0 Å². The number of piperidine rings is 2. The molecule has 0 radical (unpaired) electrons. The number of nitrogens with one attached hydrogen (secondary N) is 2. The molecular weight excluding hydrogens is 1030 g/mol. The fourth-order valence-electron chi connectivity index (χ4n) is 9.29. The fraction of sp³-hybridized carbons (Fsp3) is 0.382. The van der Waals surface area contributed by atoms with Crippen LogP contribution in [0.3, 0.4) is 0 Å². The maximum Gasteiger partial charge on any atom is 0.335 e. The summed E-state index contributed by atoms with van der Waals surface area (Å²) < 4.78 is 63.3. The Morgan fingerprint density at radius 1 is 0.608 bits per heavy atom. The summed E-state index contributed by atoms with van der Waals surface area (Å²) in [7, 11) is 1.52. The molecule has 1 amide bonds. The van der Waals surface area contributed by atoms with Crippen LogP contribution in [-0.2, 0) is 12.8 Å². The van der Waals surface area contributed by atoms with E-state index in [1.165, 1.54) is 61.3 Å². The van der Waals surface area contributed by atoms with Crippen LogP contribution < -0.4 is 20.4 Å². The van der Waals surface area contributed by atoms with Gasteiger partial charge in [-0.15, -0.1) is 0 Å². The van der Waals surface area contributed by atoms with Crippen molar-refractivity contribution in [3.63, 3.8) is 0 Å². The van der Waals surface area contributed by atoms with Gasteiger partial charge < -0.3 is 49.8 Å². The van der Waals surface area contributed by atoms with Crippen molar-refractivity contribution in [2.45, 2.75) is 84.2 Å². The average molecular weight is 1090 g/mol. The second-order valence-corrected chi connectivity index (χ2v) is 19.0. The zero-order chi connectivity index (χ0) is 56.2. The van der Waals surface area contributed by atoms with Gasteiger partial charge in [-0.2, -0.15) is 0 Å². The number of rotatable bonds is 16. The Bertz CT molecular complexity index is 3350. The summed E-state index contributed by atoms with van der Waals surface area (Å²) in [5.41, 5.74) is 2.99. The third-order valence-electron chi connectivity index (χ3n) is 13.8. The number of amides is 1. The molecule has 0 unspecified atom stereocenters. The van der Waals surface area contributed by atoms with Gasteiger partial charge in [-0.25, -0.2) is 62.2 Å². The molecule has 2 aromatic carbocycles. The molecular formula is C55H63F4N15O5. The van der Waals surface area contributed by atoms with Gasteiger partial charge in [0.1, 0.15) is 47.2 Å². The summed E-state index contributed by atoms with van der Waals surface area (Å²) in [5, 5.41) is 32.1. The molecule has 24 heteroatoms. The predicted molar refractivity (Wildman–Crippen MR) is 291 cm³/mol. The molecule has 0 atom stereocenters. The van der Waals surface area contributed by atoms with Crippen LogP contribution in [-0.4, -0.2) is 134 Å². The van der Waals surface area contributed by atoms with Crippen molar-refractivity contribution in [3.05, 3.63) is 132 Å². The number of likely N-dealkylation sites (N-methyl/N-ethyl adjacent to an activating group) is 1. The highest BCUT2D eigenvalue weighted by Crippen LogP contribution is 2.36. The molecule has 79 heavy (non-hydrogen) atoms. The first-order valence-electron chi connectivity index (χ1n) is 26.2. The molecule has 2 saturated heterocycles. The van der Waals surface area contributed by atoms with Gasteiger partial charge in [0.25, 0.3) is 5.91 Å². The van der Waals surface area contributed by atoms with Crippen LogP contribution >= 0.6 is 0 Å². The normalized spacial score (nSPS) is 13.9. The van der Waals surface area contributed by atoms with Crippen molar-refractivity contribution < 1.29 is 42.5 Å². The quantitative estimate of drug-likeness (QED) is 0.0568. The highest BCUT2D eigenvalue weighted by atomic mass is 19.1. The van der Waals surface area contributed by atoms with E-state index in [0.29, 0.717) is 29.8 Å². The van der Waals surface area contributed by atoms with Crippen molar-refractivity contribution in [2.24, 2.45) is 0 Å². The summed E-state index contributed by atoms with van der Waals surface area (Å²) in [5.74, 6) is -2.53. The molecule has 8 aromatic rings. The number of carboxylic acid groups (broad SMARTS) is 1. The zero-order valence-corrected chi connectivity index (χ0v) is 44.3. The SMILES string of the molecule is CCCCO.CCc1cnc(N2CCC(n3cc(F)c4c(Nc5ccc(C(=O)N(C)CCO)cc5F)ncnc43)CC2)nc1.CCc1cnc(N2CCC(n3cc(F)c4c(Nc5ccc(C(=O)O)cc5F)ncnc43)CC2)nc1. The number of aliphatic hydroxyl groups excluding tert-OH is 2. The Labute approximate surface area is 453 Å². The monoisotopic (exact) mass is 1090 g/mol. The minimum Gasteiger partial charge on any atom is -0.478 e. The van der Waals surface area contributed by atoms with Crippen molar-refractivity contribution in [1.82, 2.24) is 53.9 Å². The molecule has 2 aliphatic rings. The molecule has 0 bridgehead atoms. The number of carbonyl (C=O) groups excluding carboxylic acids is 1. The summed E-state index contributed by atoms with van der Waals surface area (Å²) in [6, 6.07) is 7.46. The average Bonchev–Trinajstić information content (AvgIpc) is 4.14. The molecule has 8 heterocycles. The Balaban J connectivity index is 0.000000193. The number of fused-ring (bicyclic) bond motifs is 2. The Kier molecular flexibility index (Phi) is 18.9. The zero-order valence-electron chi connectivity index (χ0n) is 44.3. The number of unbranched alkanes of at least 4 members (excludes halogenated alkanes) is 1. The molecule has 0 saturated carbocycles. The van der Waals surface area contributed by atoms with Crippen LogP contribution in [0.15, 0.2) is 86.2 Å². The van der Waals surface area contributed by atoms with Crippen molar-refractivity contribution in [3.8, 4) is 0 Å². The lowest BCUT2D eigenvalue weighted by atomic mass is 10.1. The van der Waals surface area contributed by atoms with Crippen LogP contribution in [0, 0.1) is 23.3 Å². The van der Waals surface area contributed by atoms with Gasteiger partial charge in [0.15, 0.2) is 11.6 Å². The molecule has 2 fully saturated rings. The van der Waals surface area contributed by atoms with Crippen molar-refractivity contribution in [1.29, 1.82) is 0 Å². The maximum absolute atomic E-state index is 15.2. The van der Waals surface area contributed by atoms with Gasteiger partial charge in [-0.05, 0) is 92.5 Å². The number of halogens is 4. The highest BCUT2D eigenvalue weighted by molar-refractivity contribution is 5.95. The third kappa shape index (κ3) is 13.3. The second-order valence-electron chi connectivity index (χ2n) is 19.0.